The minimum atomic E-state index is -0.738. The van der Waals surface area contributed by atoms with Crippen molar-refractivity contribution < 1.29 is 9.53 Å². The van der Waals surface area contributed by atoms with Crippen molar-refractivity contribution in [1.82, 2.24) is 0 Å². The van der Waals surface area contributed by atoms with Crippen LogP contribution in [0.4, 0.5) is 11.4 Å². The highest BCUT2D eigenvalue weighted by Gasteiger charge is 2.31. The molecule has 0 radical (unpaired) electrons. The maximum Gasteiger partial charge on any atom is 0.260 e. The molecule has 2 aromatic carbocycles. The topological polar surface area (TPSA) is 67.6 Å². The van der Waals surface area contributed by atoms with Gasteiger partial charge in [0.15, 0.2) is 11.2 Å². The monoisotopic (exact) mass is 355 g/mol. The average Bonchev–Trinajstić information content (AvgIpc) is 2.61. The quantitative estimate of drug-likeness (QED) is 0.827. The summed E-state index contributed by atoms with van der Waals surface area (Å²) in [7, 11) is 0. The lowest BCUT2D eigenvalue weighted by atomic mass is 10.0. The van der Waals surface area contributed by atoms with Gasteiger partial charge in [-0.05, 0) is 48.0 Å². The maximum atomic E-state index is 11.6. The lowest BCUT2D eigenvalue weighted by molar-refractivity contribution is -0.124. The van der Waals surface area contributed by atoms with Crippen LogP contribution in [0.2, 0.25) is 0 Å². The Hall–Kier alpha value is -2.60. The highest BCUT2D eigenvalue weighted by molar-refractivity contribution is 7.80. The number of carbonyl (C=O) groups excluding carboxylic acids is 1. The summed E-state index contributed by atoms with van der Waals surface area (Å²) in [4.78, 5) is 13.4. The number of rotatable bonds is 3. The summed E-state index contributed by atoms with van der Waals surface area (Å²) in [5, 5.41) is 3.73. The molecule has 1 amide bonds. The Morgan fingerprint density at radius 3 is 2.56 bits per heavy atom. The zero-order chi connectivity index (χ0) is 18.0. The fraction of sp³-hybridized carbons (Fsp3) is 0.263. The summed E-state index contributed by atoms with van der Waals surface area (Å²) in [6, 6.07) is 15.6. The molecule has 3 rings (SSSR count). The minimum Gasteiger partial charge on any atom is -0.477 e. The normalized spacial score (nSPS) is 16.1. The van der Waals surface area contributed by atoms with Crippen molar-refractivity contribution in [1.29, 1.82) is 0 Å². The molecular formula is C19H21N3O2S. The van der Waals surface area contributed by atoms with Gasteiger partial charge in [0.05, 0.1) is 12.2 Å². The number of hydrogen-bond acceptors (Lipinski definition) is 3. The van der Waals surface area contributed by atoms with Gasteiger partial charge in [0.2, 0.25) is 0 Å². The van der Waals surface area contributed by atoms with Crippen molar-refractivity contribution >= 4 is 34.6 Å². The number of fused-ring (bicyclic) bond motifs is 1. The Balaban J connectivity index is 1.82. The molecule has 0 aliphatic carbocycles. The van der Waals surface area contributed by atoms with Gasteiger partial charge in [-0.25, -0.2) is 0 Å². The molecule has 5 nitrogen and oxygen atoms in total. The van der Waals surface area contributed by atoms with Crippen LogP contribution >= 0.6 is 12.2 Å². The van der Waals surface area contributed by atoms with Gasteiger partial charge in [-0.1, -0.05) is 38.1 Å². The standard InChI is InChI=1S/C19H21N3O2S/c1-12(2)13-7-9-14(10-8-13)21-19(25)22-11-17(18(20)23)24-16-6-4-3-5-15(16)22/h3-10,12,17H,11H2,1-2H3,(H2,20,23)(H,21,25). The van der Waals surface area contributed by atoms with Crippen LogP contribution in [0.3, 0.4) is 0 Å². The number of ether oxygens (including phenoxy) is 1. The first-order valence-corrected chi connectivity index (χ1v) is 8.60. The average molecular weight is 355 g/mol. The van der Waals surface area contributed by atoms with Crippen molar-refractivity contribution in [2.24, 2.45) is 5.73 Å². The van der Waals surface area contributed by atoms with Crippen LogP contribution in [0.25, 0.3) is 0 Å². The van der Waals surface area contributed by atoms with Crippen molar-refractivity contribution in [2.45, 2.75) is 25.9 Å². The summed E-state index contributed by atoms with van der Waals surface area (Å²) in [5.41, 5.74) is 8.41. The van der Waals surface area contributed by atoms with Gasteiger partial charge in [0.1, 0.15) is 5.75 Å². The molecular weight excluding hydrogens is 334 g/mol. The van der Waals surface area contributed by atoms with Gasteiger partial charge in [0, 0.05) is 5.69 Å². The molecule has 2 aromatic rings. The fourth-order valence-electron chi connectivity index (χ4n) is 2.72. The third kappa shape index (κ3) is 3.74. The molecule has 130 valence electrons. The van der Waals surface area contributed by atoms with Crippen molar-refractivity contribution in [3.05, 3.63) is 54.1 Å². The van der Waals surface area contributed by atoms with E-state index in [2.05, 4.69) is 31.3 Å². The summed E-state index contributed by atoms with van der Waals surface area (Å²) in [6.07, 6.45) is -0.738. The molecule has 0 saturated carbocycles. The Labute approximate surface area is 152 Å². The number of nitrogens with zero attached hydrogens (tertiary/aromatic N) is 1. The van der Waals surface area contributed by atoms with Gasteiger partial charge >= 0.3 is 0 Å². The van der Waals surface area contributed by atoms with Gasteiger partial charge in [-0.3, -0.25) is 4.79 Å². The second kappa shape index (κ2) is 7.11. The number of carbonyl (C=O) groups is 1. The second-order valence-electron chi connectivity index (χ2n) is 6.29. The minimum absolute atomic E-state index is 0.280. The number of benzene rings is 2. The zero-order valence-corrected chi connectivity index (χ0v) is 15.0. The van der Waals surface area contributed by atoms with E-state index < -0.39 is 12.0 Å². The van der Waals surface area contributed by atoms with E-state index in [9.17, 15) is 4.79 Å². The van der Waals surface area contributed by atoms with E-state index in [4.69, 9.17) is 22.7 Å². The lowest BCUT2D eigenvalue weighted by Crippen LogP contribution is -2.50. The second-order valence-corrected chi connectivity index (χ2v) is 6.68. The van der Waals surface area contributed by atoms with Crippen molar-refractivity contribution in [3.8, 4) is 5.75 Å². The predicted octanol–water partition coefficient (Wildman–Crippen LogP) is 3.26. The highest BCUT2D eigenvalue weighted by Crippen LogP contribution is 2.33. The molecule has 0 bridgehead atoms. The van der Waals surface area contributed by atoms with E-state index in [1.807, 2.05) is 35.2 Å². The Bertz CT molecular complexity index is 790. The highest BCUT2D eigenvalue weighted by atomic mass is 32.1. The number of anilines is 2. The predicted molar refractivity (Wildman–Crippen MR) is 104 cm³/mol. The molecule has 0 spiro atoms. The number of para-hydroxylation sites is 2. The first kappa shape index (κ1) is 17.2. The third-order valence-corrected chi connectivity index (χ3v) is 4.49. The van der Waals surface area contributed by atoms with Gasteiger partial charge < -0.3 is 20.7 Å². The van der Waals surface area contributed by atoms with Crippen LogP contribution in [0.15, 0.2) is 48.5 Å². The summed E-state index contributed by atoms with van der Waals surface area (Å²) in [6.45, 7) is 4.59. The van der Waals surface area contributed by atoms with Crippen LogP contribution in [0.5, 0.6) is 5.75 Å². The Morgan fingerprint density at radius 2 is 1.92 bits per heavy atom. The largest absolute Gasteiger partial charge is 0.477 e. The lowest BCUT2D eigenvalue weighted by Gasteiger charge is -2.35. The SMILES string of the molecule is CC(C)c1ccc(NC(=S)N2CC(C(N)=O)Oc3ccccc32)cc1. The molecule has 6 heteroatoms. The number of nitrogens with two attached hydrogens (primary N) is 1. The van der Waals surface area contributed by atoms with Crippen LogP contribution in [0.1, 0.15) is 25.3 Å². The number of primary amides is 1. The molecule has 1 heterocycles. The summed E-state index contributed by atoms with van der Waals surface area (Å²) >= 11 is 5.56. The van der Waals surface area contributed by atoms with Crippen LogP contribution in [0, 0.1) is 0 Å². The molecule has 1 unspecified atom stereocenters. The summed E-state index contributed by atoms with van der Waals surface area (Å²) in [5.74, 6) is 0.559. The van der Waals surface area contributed by atoms with Crippen LogP contribution in [-0.2, 0) is 4.79 Å². The zero-order valence-electron chi connectivity index (χ0n) is 14.2. The Kier molecular flexibility index (Phi) is 4.90. The first-order valence-electron chi connectivity index (χ1n) is 8.19. The van der Waals surface area contributed by atoms with E-state index >= 15 is 0 Å². The summed E-state index contributed by atoms with van der Waals surface area (Å²) < 4.78 is 5.66. The molecule has 0 saturated heterocycles. The fourth-order valence-corrected chi connectivity index (χ4v) is 3.01. The molecule has 1 atom stereocenters. The number of hydrogen-bond donors (Lipinski definition) is 2. The number of amides is 1. The van der Waals surface area contributed by atoms with Crippen molar-refractivity contribution in [2.75, 3.05) is 16.8 Å². The van der Waals surface area contributed by atoms with E-state index in [1.165, 1.54) is 5.56 Å². The molecule has 3 N–H and O–H groups in total. The first-order chi connectivity index (χ1) is 12.0. The van der Waals surface area contributed by atoms with Crippen molar-refractivity contribution in [3.63, 3.8) is 0 Å². The number of thiocarbonyl (C=S) groups is 1. The molecule has 0 aromatic heterocycles. The van der Waals surface area contributed by atoms with Crippen LogP contribution < -0.4 is 20.7 Å². The molecule has 1 aliphatic heterocycles. The van der Waals surface area contributed by atoms with E-state index in [-0.39, 0.29) is 6.54 Å². The van der Waals surface area contributed by atoms with Gasteiger partial charge in [0.25, 0.3) is 5.91 Å². The van der Waals surface area contributed by atoms with Crippen LogP contribution in [-0.4, -0.2) is 23.7 Å². The number of nitrogens with one attached hydrogen (secondary N) is 1. The van der Waals surface area contributed by atoms with Gasteiger partial charge in [-0.15, -0.1) is 0 Å². The third-order valence-electron chi connectivity index (χ3n) is 4.16. The smallest absolute Gasteiger partial charge is 0.260 e. The van der Waals surface area contributed by atoms with Gasteiger partial charge in [-0.2, -0.15) is 0 Å². The maximum absolute atomic E-state index is 11.6. The molecule has 25 heavy (non-hydrogen) atoms. The molecule has 0 fully saturated rings. The van der Waals surface area contributed by atoms with E-state index in [1.54, 1.807) is 6.07 Å². The van der Waals surface area contributed by atoms with E-state index in [0.717, 1.165) is 11.4 Å². The molecule has 1 aliphatic rings. The van der Waals surface area contributed by atoms with E-state index in [0.29, 0.717) is 16.8 Å². The Morgan fingerprint density at radius 1 is 1.24 bits per heavy atom.